The second kappa shape index (κ2) is 6.71. The molecule has 1 N–H and O–H groups in total. The van der Waals surface area contributed by atoms with Crippen LogP contribution in [0.3, 0.4) is 0 Å². The molecule has 0 spiro atoms. The summed E-state index contributed by atoms with van der Waals surface area (Å²) in [5.74, 6) is 0.00386. The summed E-state index contributed by atoms with van der Waals surface area (Å²) in [7, 11) is -3.22. The van der Waals surface area contributed by atoms with Gasteiger partial charge in [0.15, 0.2) is 0 Å². The maximum absolute atomic E-state index is 12.5. The van der Waals surface area contributed by atoms with Crippen molar-refractivity contribution in [3.63, 3.8) is 0 Å². The van der Waals surface area contributed by atoms with Gasteiger partial charge in [0.1, 0.15) is 0 Å². The van der Waals surface area contributed by atoms with Crippen molar-refractivity contribution in [3.8, 4) is 0 Å². The Morgan fingerprint density at radius 3 is 2.90 bits per heavy atom. The molecular weight excluding hydrogens is 411 g/mol. The third-order valence-corrected chi connectivity index (χ3v) is 5.76. The smallest absolute Gasteiger partial charge is 0.255 e. The van der Waals surface area contributed by atoms with Crippen molar-refractivity contribution in [3.05, 3.63) is 19.9 Å². The second-order valence-electron chi connectivity index (χ2n) is 4.91. The molecule has 2 heterocycles. The first-order valence-corrected chi connectivity index (χ1v) is 10.2. The van der Waals surface area contributed by atoms with E-state index in [9.17, 15) is 13.2 Å². The minimum absolute atomic E-state index is 0.00386. The highest BCUT2D eigenvalue weighted by molar-refractivity contribution is 14.1. The van der Waals surface area contributed by atoms with Gasteiger partial charge in [-0.15, -0.1) is 11.3 Å². The van der Waals surface area contributed by atoms with Crippen LogP contribution >= 0.6 is 33.9 Å². The molecule has 0 aromatic carbocycles. The van der Waals surface area contributed by atoms with E-state index in [4.69, 9.17) is 0 Å². The Morgan fingerprint density at radius 2 is 2.30 bits per heavy atom. The number of carbonyl (C=O) groups is 1. The summed E-state index contributed by atoms with van der Waals surface area (Å²) >= 11 is 3.74. The van der Waals surface area contributed by atoms with Crippen LogP contribution in [-0.4, -0.2) is 44.6 Å². The Balaban J connectivity index is 2.08. The molecule has 8 heteroatoms. The molecule has 1 aliphatic rings. The summed E-state index contributed by atoms with van der Waals surface area (Å²) in [6, 6.07) is 1.83. The van der Waals surface area contributed by atoms with Gasteiger partial charge in [-0.1, -0.05) is 0 Å². The van der Waals surface area contributed by atoms with Crippen molar-refractivity contribution in [2.45, 2.75) is 25.3 Å². The van der Waals surface area contributed by atoms with Crippen LogP contribution in [0.2, 0.25) is 0 Å². The van der Waals surface area contributed by atoms with Crippen LogP contribution < -0.4 is 4.72 Å². The lowest BCUT2D eigenvalue weighted by Gasteiger charge is -2.35. The number of piperidine rings is 1. The molecule has 0 aliphatic carbocycles. The highest BCUT2D eigenvalue weighted by Gasteiger charge is 2.28. The number of nitrogens with one attached hydrogen (secondary N) is 1. The number of sulfonamides is 1. The highest BCUT2D eigenvalue weighted by Crippen LogP contribution is 2.23. The molecule has 1 aliphatic heterocycles. The molecule has 0 radical (unpaired) electrons. The average molecular weight is 428 g/mol. The topological polar surface area (TPSA) is 66.5 Å². The van der Waals surface area contributed by atoms with Crippen molar-refractivity contribution in [1.29, 1.82) is 0 Å². The maximum atomic E-state index is 12.5. The van der Waals surface area contributed by atoms with Gasteiger partial charge in [-0.3, -0.25) is 4.79 Å². The fourth-order valence-electron chi connectivity index (χ4n) is 2.32. The van der Waals surface area contributed by atoms with E-state index in [-0.39, 0.29) is 11.9 Å². The SMILES string of the molecule is CS(=O)(=O)NCC1CCCCN1C(=O)c1csc(I)c1. The molecule has 112 valence electrons. The largest absolute Gasteiger partial charge is 0.334 e. The van der Waals surface area contributed by atoms with Crippen LogP contribution in [0, 0.1) is 2.88 Å². The summed E-state index contributed by atoms with van der Waals surface area (Å²) in [6.45, 7) is 0.993. The fourth-order valence-corrected chi connectivity index (χ4v) is 4.13. The molecule has 1 aromatic rings. The predicted molar refractivity (Wildman–Crippen MR) is 88.6 cm³/mol. The van der Waals surface area contributed by atoms with Gasteiger partial charge < -0.3 is 4.90 Å². The number of thiophene rings is 1. The number of rotatable bonds is 4. The molecular formula is C12H17IN2O3S2. The Kier molecular flexibility index (Phi) is 5.43. The number of halogens is 1. The summed E-state index contributed by atoms with van der Waals surface area (Å²) in [5, 5.41) is 1.86. The number of hydrogen-bond acceptors (Lipinski definition) is 4. The number of amides is 1. The molecule has 1 amide bonds. The third-order valence-electron chi connectivity index (χ3n) is 3.28. The van der Waals surface area contributed by atoms with E-state index >= 15 is 0 Å². The first-order chi connectivity index (χ1) is 9.37. The van der Waals surface area contributed by atoms with Crippen molar-refractivity contribution in [2.24, 2.45) is 0 Å². The Morgan fingerprint density at radius 1 is 1.55 bits per heavy atom. The third kappa shape index (κ3) is 4.40. The van der Waals surface area contributed by atoms with Gasteiger partial charge in [0.05, 0.1) is 14.7 Å². The standard InChI is InChI=1S/C12H17IN2O3S2/c1-20(17,18)14-7-10-4-2-3-5-15(10)12(16)9-6-11(13)19-8-9/h6,8,10,14H,2-5,7H2,1H3. The predicted octanol–water partition coefficient (Wildman–Crippen LogP) is 1.90. The zero-order chi connectivity index (χ0) is 14.8. The number of likely N-dealkylation sites (tertiary alicyclic amines) is 1. The molecule has 5 nitrogen and oxygen atoms in total. The van der Waals surface area contributed by atoms with E-state index in [0.29, 0.717) is 18.7 Å². The molecule has 1 unspecified atom stereocenters. The van der Waals surface area contributed by atoms with Crippen LogP contribution in [0.4, 0.5) is 0 Å². The average Bonchev–Trinajstić information content (AvgIpc) is 2.82. The van der Waals surface area contributed by atoms with Crippen LogP contribution in [0.1, 0.15) is 29.6 Å². The van der Waals surface area contributed by atoms with Gasteiger partial charge >= 0.3 is 0 Å². The lowest BCUT2D eigenvalue weighted by molar-refractivity contribution is 0.0619. The molecule has 2 rings (SSSR count). The van der Waals surface area contributed by atoms with Gasteiger partial charge in [-0.05, 0) is 47.9 Å². The van der Waals surface area contributed by atoms with Crippen molar-refractivity contribution < 1.29 is 13.2 Å². The summed E-state index contributed by atoms with van der Waals surface area (Å²) < 4.78 is 26.0. The Bertz CT molecular complexity index is 585. The lowest BCUT2D eigenvalue weighted by Crippen LogP contribution is -2.49. The zero-order valence-electron chi connectivity index (χ0n) is 11.1. The van der Waals surface area contributed by atoms with E-state index in [0.717, 1.165) is 28.4 Å². The minimum Gasteiger partial charge on any atom is -0.334 e. The van der Waals surface area contributed by atoms with E-state index in [1.165, 1.54) is 0 Å². The number of nitrogens with zero attached hydrogens (tertiary/aromatic N) is 1. The summed E-state index contributed by atoms with van der Waals surface area (Å²) in [5.41, 5.74) is 0.700. The molecule has 20 heavy (non-hydrogen) atoms. The molecule has 1 atom stereocenters. The van der Waals surface area contributed by atoms with E-state index in [2.05, 4.69) is 27.3 Å². The maximum Gasteiger partial charge on any atom is 0.255 e. The summed E-state index contributed by atoms with van der Waals surface area (Å²) in [6.07, 6.45) is 3.99. The van der Waals surface area contributed by atoms with Gasteiger partial charge in [0.2, 0.25) is 10.0 Å². The van der Waals surface area contributed by atoms with Crippen LogP contribution in [-0.2, 0) is 10.0 Å². The van der Waals surface area contributed by atoms with Crippen molar-refractivity contribution in [1.82, 2.24) is 9.62 Å². The number of carbonyl (C=O) groups excluding carboxylic acids is 1. The quantitative estimate of drug-likeness (QED) is 0.746. The highest BCUT2D eigenvalue weighted by atomic mass is 127. The van der Waals surface area contributed by atoms with Gasteiger partial charge in [0, 0.05) is 24.5 Å². The first-order valence-electron chi connectivity index (χ1n) is 6.36. The molecule has 0 saturated carbocycles. The second-order valence-corrected chi connectivity index (χ2v) is 9.55. The van der Waals surface area contributed by atoms with E-state index in [1.54, 1.807) is 16.2 Å². The molecule has 1 saturated heterocycles. The molecule has 0 bridgehead atoms. The Hall–Kier alpha value is -0.190. The normalized spacial score (nSPS) is 20.1. The first kappa shape index (κ1) is 16.2. The van der Waals surface area contributed by atoms with Crippen molar-refractivity contribution >= 4 is 49.9 Å². The van der Waals surface area contributed by atoms with Crippen molar-refractivity contribution in [2.75, 3.05) is 19.3 Å². The van der Waals surface area contributed by atoms with E-state index < -0.39 is 10.0 Å². The lowest BCUT2D eigenvalue weighted by atomic mass is 10.0. The molecule has 1 aromatic heterocycles. The van der Waals surface area contributed by atoms with Gasteiger partial charge in [-0.25, -0.2) is 13.1 Å². The van der Waals surface area contributed by atoms with Gasteiger partial charge in [-0.2, -0.15) is 0 Å². The molecule has 1 fully saturated rings. The van der Waals surface area contributed by atoms with E-state index in [1.807, 2.05) is 11.4 Å². The monoisotopic (exact) mass is 428 g/mol. The van der Waals surface area contributed by atoms with Crippen LogP contribution in [0.5, 0.6) is 0 Å². The minimum atomic E-state index is -3.22. The summed E-state index contributed by atoms with van der Waals surface area (Å²) in [4.78, 5) is 14.3. The Labute approximate surface area is 136 Å². The fraction of sp³-hybridized carbons (Fsp3) is 0.583. The zero-order valence-corrected chi connectivity index (χ0v) is 14.9. The van der Waals surface area contributed by atoms with Crippen LogP contribution in [0.25, 0.3) is 0 Å². The number of hydrogen-bond donors (Lipinski definition) is 1. The van der Waals surface area contributed by atoms with Gasteiger partial charge in [0.25, 0.3) is 5.91 Å². The van der Waals surface area contributed by atoms with Crippen LogP contribution in [0.15, 0.2) is 11.4 Å².